The van der Waals surface area contributed by atoms with Crippen LogP contribution in [-0.4, -0.2) is 35.4 Å². The van der Waals surface area contributed by atoms with Crippen molar-refractivity contribution in [3.05, 3.63) is 63.1 Å². The van der Waals surface area contributed by atoms with Gasteiger partial charge in [-0.1, -0.05) is 61.2 Å². The highest BCUT2D eigenvalue weighted by molar-refractivity contribution is 6.32. The number of halogens is 2. The minimum absolute atomic E-state index is 0.122. The van der Waals surface area contributed by atoms with Gasteiger partial charge in [-0.2, -0.15) is 0 Å². The summed E-state index contributed by atoms with van der Waals surface area (Å²) in [4.78, 5) is 28.1. The van der Waals surface area contributed by atoms with Crippen LogP contribution in [0.15, 0.2) is 36.4 Å². The molecule has 0 saturated heterocycles. The summed E-state index contributed by atoms with van der Waals surface area (Å²) in [7, 11) is 0. The summed E-state index contributed by atoms with van der Waals surface area (Å²) in [6.07, 6.45) is 4.71. The Hall–Kier alpha value is -2.24. The van der Waals surface area contributed by atoms with Crippen LogP contribution in [0, 0.1) is 13.8 Å². The lowest BCUT2D eigenvalue weighted by molar-refractivity contribution is -0.143. The fraction of sp³-hybridized carbons (Fsp3) is 0.462. The van der Waals surface area contributed by atoms with Crippen LogP contribution in [0.4, 0.5) is 0 Å². The first-order chi connectivity index (χ1) is 15.8. The van der Waals surface area contributed by atoms with Crippen molar-refractivity contribution in [3.63, 3.8) is 0 Å². The molecule has 0 bridgehead atoms. The number of benzene rings is 2. The second kappa shape index (κ2) is 11.8. The molecule has 0 heterocycles. The Bertz CT molecular complexity index is 966. The molecule has 1 unspecified atom stereocenters. The molecule has 1 atom stereocenters. The highest BCUT2D eigenvalue weighted by atomic mass is 35.5. The average Bonchev–Trinajstić information content (AvgIpc) is 3.29. The van der Waals surface area contributed by atoms with Crippen LogP contribution in [-0.2, 0) is 16.1 Å². The number of carbonyl (C=O) groups excluding carboxylic acids is 2. The van der Waals surface area contributed by atoms with Crippen LogP contribution in [0.5, 0.6) is 5.75 Å². The molecule has 0 spiro atoms. The molecule has 178 valence electrons. The first-order valence-corrected chi connectivity index (χ1v) is 12.3. The molecule has 0 radical (unpaired) electrons. The molecule has 1 aliphatic carbocycles. The van der Waals surface area contributed by atoms with E-state index in [4.69, 9.17) is 27.9 Å². The zero-order valence-electron chi connectivity index (χ0n) is 19.5. The number of hydrogen-bond acceptors (Lipinski definition) is 3. The fourth-order valence-corrected chi connectivity index (χ4v) is 4.62. The number of nitrogens with zero attached hydrogens (tertiary/aromatic N) is 1. The van der Waals surface area contributed by atoms with Crippen molar-refractivity contribution >= 4 is 35.0 Å². The summed E-state index contributed by atoms with van der Waals surface area (Å²) in [5, 5.41) is 4.38. The van der Waals surface area contributed by atoms with E-state index in [9.17, 15) is 9.59 Å². The number of amides is 2. The third kappa shape index (κ3) is 6.64. The van der Waals surface area contributed by atoms with E-state index in [1.807, 2.05) is 51.1 Å². The zero-order valence-corrected chi connectivity index (χ0v) is 21.0. The highest BCUT2D eigenvalue weighted by Gasteiger charge is 2.31. The van der Waals surface area contributed by atoms with Gasteiger partial charge in [-0.15, -0.1) is 0 Å². The molecule has 2 aromatic rings. The third-order valence-corrected chi connectivity index (χ3v) is 7.12. The van der Waals surface area contributed by atoms with Gasteiger partial charge in [0.15, 0.2) is 6.61 Å². The average molecular weight is 491 g/mol. The first kappa shape index (κ1) is 25.4. The molecule has 5 nitrogen and oxygen atoms in total. The van der Waals surface area contributed by atoms with Gasteiger partial charge in [0.05, 0.1) is 0 Å². The van der Waals surface area contributed by atoms with Gasteiger partial charge < -0.3 is 15.0 Å². The highest BCUT2D eigenvalue weighted by Crippen LogP contribution is 2.26. The smallest absolute Gasteiger partial charge is 0.261 e. The number of nitrogens with one attached hydrogen (secondary N) is 1. The fourth-order valence-electron chi connectivity index (χ4n) is 4.31. The largest absolute Gasteiger partial charge is 0.484 e. The van der Waals surface area contributed by atoms with Crippen molar-refractivity contribution in [2.24, 2.45) is 0 Å². The van der Waals surface area contributed by atoms with E-state index in [1.165, 1.54) is 0 Å². The Morgan fingerprint density at radius 1 is 1.12 bits per heavy atom. The van der Waals surface area contributed by atoms with Gasteiger partial charge in [0.25, 0.3) is 5.91 Å². The van der Waals surface area contributed by atoms with Gasteiger partial charge in [-0.05, 0) is 68.0 Å². The number of ether oxygens (including phenoxy) is 1. The lowest BCUT2D eigenvalue weighted by atomic mass is 10.1. The normalized spacial score (nSPS) is 14.7. The predicted molar refractivity (Wildman–Crippen MR) is 133 cm³/mol. The van der Waals surface area contributed by atoms with Crippen molar-refractivity contribution < 1.29 is 14.3 Å². The molecule has 33 heavy (non-hydrogen) atoms. The molecule has 1 fully saturated rings. The minimum Gasteiger partial charge on any atom is -0.484 e. The van der Waals surface area contributed by atoms with Gasteiger partial charge >= 0.3 is 0 Å². The van der Waals surface area contributed by atoms with Crippen LogP contribution in [0.1, 0.15) is 55.7 Å². The Balaban J connectivity index is 1.79. The van der Waals surface area contributed by atoms with E-state index in [1.54, 1.807) is 11.0 Å². The van der Waals surface area contributed by atoms with Gasteiger partial charge in [0, 0.05) is 22.6 Å². The third-order valence-electron chi connectivity index (χ3n) is 6.16. The van der Waals surface area contributed by atoms with Crippen LogP contribution < -0.4 is 10.1 Å². The van der Waals surface area contributed by atoms with E-state index < -0.39 is 6.04 Å². The second-order valence-electron chi connectivity index (χ2n) is 8.69. The topological polar surface area (TPSA) is 58.6 Å². The predicted octanol–water partition coefficient (Wildman–Crippen LogP) is 5.86. The van der Waals surface area contributed by atoms with E-state index in [2.05, 4.69) is 5.32 Å². The molecular formula is C26H32Cl2N2O3. The first-order valence-electron chi connectivity index (χ1n) is 11.5. The number of aryl methyl sites for hydroxylation is 2. The standard InChI is InChI=1S/C26H32Cl2N2O3/c1-4-23(26(32)29-20-10-6-7-11-20)30(15-19-9-5-8-12-22(19)27)24(31)16-33-21-13-17(2)25(28)18(3)14-21/h5,8-9,12-14,20,23H,4,6-7,10-11,15-16H2,1-3H3,(H,29,32). The Morgan fingerprint density at radius 2 is 1.76 bits per heavy atom. The maximum atomic E-state index is 13.4. The molecule has 2 aromatic carbocycles. The van der Waals surface area contributed by atoms with E-state index in [0.717, 1.165) is 42.4 Å². The monoisotopic (exact) mass is 490 g/mol. The molecule has 2 amide bonds. The number of rotatable bonds is 9. The van der Waals surface area contributed by atoms with Crippen LogP contribution in [0.2, 0.25) is 10.0 Å². The summed E-state index contributed by atoms with van der Waals surface area (Å²) in [5.74, 6) is 0.181. The van der Waals surface area contributed by atoms with E-state index in [0.29, 0.717) is 22.2 Å². The van der Waals surface area contributed by atoms with Crippen molar-refractivity contribution in [2.75, 3.05) is 6.61 Å². The molecule has 0 aliphatic heterocycles. The maximum Gasteiger partial charge on any atom is 0.261 e. The van der Waals surface area contributed by atoms with Gasteiger partial charge in [-0.25, -0.2) is 0 Å². The molecule has 3 rings (SSSR count). The van der Waals surface area contributed by atoms with Crippen LogP contribution in [0.25, 0.3) is 0 Å². The zero-order chi connectivity index (χ0) is 24.0. The molecular weight excluding hydrogens is 459 g/mol. The second-order valence-corrected chi connectivity index (χ2v) is 9.47. The van der Waals surface area contributed by atoms with Crippen LogP contribution >= 0.6 is 23.2 Å². The molecule has 1 saturated carbocycles. The van der Waals surface area contributed by atoms with E-state index >= 15 is 0 Å². The van der Waals surface area contributed by atoms with Crippen molar-refractivity contribution in [2.45, 2.75) is 71.5 Å². The lowest BCUT2D eigenvalue weighted by Gasteiger charge is -2.31. The van der Waals surface area contributed by atoms with Gasteiger partial charge in [0.1, 0.15) is 11.8 Å². The van der Waals surface area contributed by atoms with Gasteiger partial charge in [-0.3, -0.25) is 9.59 Å². The summed E-state index contributed by atoms with van der Waals surface area (Å²) in [6.45, 7) is 5.76. The summed E-state index contributed by atoms with van der Waals surface area (Å²) >= 11 is 12.6. The Kier molecular flexibility index (Phi) is 9.04. The minimum atomic E-state index is -0.605. The van der Waals surface area contributed by atoms with E-state index in [-0.39, 0.29) is 31.0 Å². The maximum absolute atomic E-state index is 13.4. The molecule has 7 heteroatoms. The number of carbonyl (C=O) groups is 2. The Morgan fingerprint density at radius 3 is 2.36 bits per heavy atom. The van der Waals surface area contributed by atoms with Crippen molar-refractivity contribution in [3.8, 4) is 5.75 Å². The molecule has 1 aliphatic rings. The van der Waals surface area contributed by atoms with Crippen molar-refractivity contribution in [1.82, 2.24) is 10.2 Å². The SMILES string of the molecule is CCC(C(=O)NC1CCCC1)N(Cc1ccccc1Cl)C(=O)COc1cc(C)c(Cl)c(C)c1. The quantitative estimate of drug-likeness (QED) is 0.479. The summed E-state index contributed by atoms with van der Waals surface area (Å²) in [5.41, 5.74) is 2.56. The van der Waals surface area contributed by atoms with Crippen molar-refractivity contribution in [1.29, 1.82) is 0 Å². The summed E-state index contributed by atoms with van der Waals surface area (Å²) < 4.78 is 5.83. The number of hydrogen-bond donors (Lipinski definition) is 1. The Labute approximate surface area is 206 Å². The van der Waals surface area contributed by atoms with Crippen LogP contribution in [0.3, 0.4) is 0 Å². The van der Waals surface area contributed by atoms with Gasteiger partial charge in [0.2, 0.25) is 5.91 Å². The molecule has 0 aromatic heterocycles. The molecule has 1 N–H and O–H groups in total. The summed E-state index contributed by atoms with van der Waals surface area (Å²) in [6, 6.07) is 10.6. The lowest BCUT2D eigenvalue weighted by Crippen LogP contribution is -2.52.